The van der Waals surface area contributed by atoms with Crippen LogP contribution in [-0.2, 0) is 23.7 Å². The lowest BCUT2D eigenvalue weighted by molar-refractivity contribution is -0.305. The normalized spacial score (nSPS) is 21.2. The molecule has 0 spiro atoms. The summed E-state index contributed by atoms with van der Waals surface area (Å²) in [5.74, 6) is -0.329. The van der Waals surface area contributed by atoms with Crippen LogP contribution in [0.2, 0.25) is 0 Å². The lowest BCUT2D eigenvalue weighted by Gasteiger charge is -2.39. The first kappa shape index (κ1) is 50.4. The van der Waals surface area contributed by atoms with E-state index in [-0.39, 0.29) is 19.2 Å². The van der Waals surface area contributed by atoms with Crippen molar-refractivity contribution in [3.8, 4) is 0 Å². The molecule has 6 unspecified atom stereocenters. The Hall–Kier alpha value is -1.59. The van der Waals surface area contributed by atoms with Crippen molar-refractivity contribution in [3.63, 3.8) is 0 Å². The van der Waals surface area contributed by atoms with E-state index < -0.39 is 43.4 Å². The molecule has 9 heteroatoms. The van der Waals surface area contributed by atoms with Crippen LogP contribution >= 0.6 is 0 Å². The van der Waals surface area contributed by atoms with Gasteiger partial charge in [0, 0.05) is 13.0 Å². The summed E-state index contributed by atoms with van der Waals surface area (Å²) in [5.41, 5.74) is 0. The molecule has 0 aromatic heterocycles. The molecule has 1 fully saturated rings. The number of aliphatic hydroxyl groups excluding tert-OH is 4. The molecule has 4 N–H and O–H groups in total. The van der Waals surface area contributed by atoms with Crippen LogP contribution in [0.15, 0.2) is 36.5 Å². The number of hydrogen-bond acceptors (Lipinski definition) is 9. The fourth-order valence-electron chi connectivity index (χ4n) is 6.62. The molecule has 0 saturated carbocycles. The molecule has 0 aromatic carbocycles. The monoisotopic (exact) mass is 767 g/mol. The van der Waals surface area contributed by atoms with Crippen LogP contribution < -0.4 is 0 Å². The van der Waals surface area contributed by atoms with Crippen LogP contribution in [0.1, 0.15) is 181 Å². The van der Waals surface area contributed by atoms with Crippen molar-refractivity contribution in [1.82, 2.24) is 0 Å². The van der Waals surface area contributed by atoms with Gasteiger partial charge in [0.1, 0.15) is 30.5 Å². The molecule has 6 atom stereocenters. The van der Waals surface area contributed by atoms with Gasteiger partial charge in [-0.25, -0.2) is 0 Å². The first-order valence-corrected chi connectivity index (χ1v) is 22.1. The predicted molar refractivity (Wildman–Crippen MR) is 219 cm³/mol. The molecule has 0 aliphatic carbocycles. The summed E-state index contributed by atoms with van der Waals surface area (Å²) >= 11 is 0. The summed E-state index contributed by atoms with van der Waals surface area (Å²) in [4.78, 5) is 12.7. The minimum atomic E-state index is -1.54. The summed E-state index contributed by atoms with van der Waals surface area (Å²) in [5, 5.41) is 40.1. The second kappa shape index (κ2) is 37.0. The van der Waals surface area contributed by atoms with E-state index >= 15 is 0 Å². The minimum absolute atomic E-state index is 0.118. The molecular weight excluding hydrogens is 684 g/mol. The lowest BCUT2D eigenvalue weighted by atomic mass is 9.99. The molecule has 1 heterocycles. The molecule has 9 nitrogen and oxygen atoms in total. The number of hydrogen-bond donors (Lipinski definition) is 4. The van der Waals surface area contributed by atoms with E-state index in [4.69, 9.17) is 18.9 Å². The Morgan fingerprint density at radius 3 is 1.70 bits per heavy atom. The van der Waals surface area contributed by atoms with Crippen LogP contribution in [-0.4, -0.2) is 89.6 Å². The molecule has 0 bridgehead atoms. The van der Waals surface area contributed by atoms with Gasteiger partial charge in [0.15, 0.2) is 6.29 Å². The van der Waals surface area contributed by atoms with Gasteiger partial charge >= 0.3 is 5.97 Å². The van der Waals surface area contributed by atoms with Crippen LogP contribution in [0.4, 0.5) is 0 Å². The van der Waals surface area contributed by atoms with Crippen molar-refractivity contribution in [3.05, 3.63) is 36.5 Å². The fraction of sp³-hybridized carbons (Fsp3) is 0.844. The SMILES string of the molecule is CC/C=C\C/C=C\C/C=C\CCCCCCCC(=O)OC(COCCCCCCCCCCCCCCCCCC)COC1OC(CO)C(O)C(O)C1O. The highest BCUT2D eigenvalue weighted by molar-refractivity contribution is 5.69. The van der Waals surface area contributed by atoms with E-state index in [1.807, 2.05) is 0 Å². The summed E-state index contributed by atoms with van der Waals surface area (Å²) in [6.07, 6.45) is 35.9. The van der Waals surface area contributed by atoms with E-state index in [0.29, 0.717) is 13.0 Å². The number of aliphatic hydroxyl groups is 4. The fourth-order valence-corrected chi connectivity index (χ4v) is 6.62. The molecule has 316 valence electrons. The van der Waals surface area contributed by atoms with Crippen molar-refractivity contribution < 1.29 is 44.2 Å². The van der Waals surface area contributed by atoms with E-state index in [1.165, 1.54) is 89.9 Å². The zero-order valence-electron chi connectivity index (χ0n) is 34.5. The molecule has 0 aromatic rings. The Kier molecular flexibility index (Phi) is 34.6. The number of unbranched alkanes of at least 4 members (excludes halogenated alkanes) is 20. The van der Waals surface area contributed by atoms with Crippen LogP contribution in [0.25, 0.3) is 0 Å². The summed E-state index contributed by atoms with van der Waals surface area (Å²) in [6.45, 7) is 4.44. The van der Waals surface area contributed by atoms with Gasteiger partial charge in [-0.15, -0.1) is 0 Å². The third-order valence-electron chi connectivity index (χ3n) is 10.1. The predicted octanol–water partition coefficient (Wildman–Crippen LogP) is 9.58. The van der Waals surface area contributed by atoms with Crippen LogP contribution in [0.5, 0.6) is 0 Å². The Balaban J connectivity index is 2.28. The first-order chi connectivity index (χ1) is 26.4. The molecule has 54 heavy (non-hydrogen) atoms. The second-order valence-electron chi connectivity index (χ2n) is 15.1. The van der Waals surface area contributed by atoms with E-state index in [0.717, 1.165) is 70.6 Å². The number of rotatable bonds is 37. The maximum absolute atomic E-state index is 12.7. The Morgan fingerprint density at radius 2 is 1.13 bits per heavy atom. The highest BCUT2D eigenvalue weighted by Gasteiger charge is 2.44. The van der Waals surface area contributed by atoms with E-state index in [2.05, 4.69) is 50.3 Å². The zero-order chi connectivity index (χ0) is 39.3. The summed E-state index contributed by atoms with van der Waals surface area (Å²) in [7, 11) is 0. The van der Waals surface area contributed by atoms with Gasteiger partial charge in [0.05, 0.1) is 19.8 Å². The quantitative estimate of drug-likeness (QED) is 0.0277. The summed E-state index contributed by atoms with van der Waals surface area (Å²) < 4.78 is 22.8. The Labute approximate surface area is 330 Å². The topological polar surface area (TPSA) is 135 Å². The van der Waals surface area contributed by atoms with Gasteiger partial charge in [-0.05, 0) is 44.9 Å². The third kappa shape index (κ3) is 27.9. The smallest absolute Gasteiger partial charge is 0.306 e. The third-order valence-corrected chi connectivity index (χ3v) is 10.1. The largest absolute Gasteiger partial charge is 0.457 e. The van der Waals surface area contributed by atoms with Crippen LogP contribution in [0.3, 0.4) is 0 Å². The molecule has 1 aliphatic heterocycles. The van der Waals surface area contributed by atoms with Crippen molar-refractivity contribution in [1.29, 1.82) is 0 Å². The summed E-state index contributed by atoms with van der Waals surface area (Å²) in [6, 6.07) is 0. The van der Waals surface area contributed by atoms with Crippen molar-refractivity contribution in [2.75, 3.05) is 26.4 Å². The lowest BCUT2D eigenvalue weighted by Crippen LogP contribution is -2.59. The van der Waals surface area contributed by atoms with E-state index in [1.54, 1.807) is 0 Å². The van der Waals surface area contributed by atoms with Crippen molar-refractivity contribution in [2.24, 2.45) is 0 Å². The van der Waals surface area contributed by atoms with Gasteiger partial charge in [0.2, 0.25) is 0 Å². The molecule has 1 rings (SSSR count). The maximum atomic E-state index is 12.7. The first-order valence-electron chi connectivity index (χ1n) is 22.1. The van der Waals surface area contributed by atoms with Gasteiger partial charge in [0.25, 0.3) is 0 Å². The van der Waals surface area contributed by atoms with E-state index in [9.17, 15) is 25.2 Å². The van der Waals surface area contributed by atoms with Gasteiger partial charge in [-0.3, -0.25) is 4.79 Å². The number of allylic oxidation sites excluding steroid dienone is 6. The highest BCUT2D eigenvalue weighted by atomic mass is 16.7. The van der Waals surface area contributed by atoms with Crippen molar-refractivity contribution >= 4 is 5.97 Å². The zero-order valence-corrected chi connectivity index (χ0v) is 34.5. The van der Waals surface area contributed by atoms with Crippen molar-refractivity contribution in [2.45, 2.75) is 218 Å². The molecule has 0 radical (unpaired) electrons. The maximum Gasteiger partial charge on any atom is 0.306 e. The highest BCUT2D eigenvalue weighted by Crippen LogP contribution is 2.22. The molecule has 1 saturated heterocycles. The molecule has 1 aliphatic rings. The number of carbonyl (C=O) groups is 1. The number of carbonyl (C=O) groups excluding carboxylic acids is 1. The minimum Gasteiger partial charge on any atom is -0.457 e. The van der Waals surface area contributed by atoms with Gasteiger partial charge in [-0.1, -0.05) is 166 Å². The average Bonchev–Trinajstić information content (AvgIpc) is 3.17. The van der Waals surface area contributed by atoms with Crippen LogP contribution in [0, 0.1) is 0 Å². The molecular formula is C45H82O9. The number of esters is 1. The average molecular weight is 767 g/mol. The standard InChI is InChI=1S/C45H82O9/c1-3-5-7-9-11-13-15-17-19-21-23-25-27-29-31-33-35-51-37-39(38-52-45-44(50)43(49)42(48)40(36-46)54-45)53-41(47)34-32-30-28-26-24-22-20-18-16-14-12-10-8-6-4-2/h6,8,12,14,18,20,39-40,42-46,48-50H,3-5,7,9-11,13,15-17,19,21-38H2,1-2H3/b8-6-,14-12-,20-18-. The second-order valence-corrected chi connectivity index (χ2v) is 15.1. The van der Waals surface area contributed by atoms with Gasteiger partial charge < -0.3 is 39.4 Å². The van der Waals surface area contributed by atoms with Gasteiger partial charge in [-0.2, -0.15) is 0 Å². The molecule has 0 amide bonds. The number of ether oxygens (including phenoxy) is 4. The Bertz CT molecular complexity index is 921. The Morgan fingerprint density at radius 1 is 0.611 bits per heavy atom.